The van der Waals surface area contributed by atoms with Crippen molar-refractivity contribution in [2.24, 2.45) is 7.05 Å². The van der Waals surface area contributed by atoms with Crippen LogP contribution in [0.2, 0.25) is 0 Å². The van der Waals surface area contributed by atoms with Crippen molar-refractivity contribution in [2.75, 3.05) is 6.54 Å². The van der Waals surface area contributed by atoms with Crippen LogP contribution >= 0.6 is 0 Å². The highest BCUT2D eigenvalue weighted by Gasteiger charge is 2.37. The topological polar surface area (TPSA) is 103 Å². The van der Waals surface area contributed by atoms with E-state index in [1.807, 2.05) is 6.07 Å². The van der Waals surface area contributed by atoms with Crippen molar-refractivity contribution in [1.82, 2.24) is 28.6 Å². The maximum absolute atomic E-state index is 13.0. The quantitative estimate of drug-likeness (QED) is 0.630. The first-order valence-corrected chi connectivity index (χ1v) is 10.4. The van der Waals surface area contributed by atoms with Crippen molar-refractivity contribution < 1.29 is 8.42 Å². The Morgan fingerprint density at radius 3 is 2.82 bits per heavy atom. The molecule has 28 heavy (non-hydrogen) atoms. The molecule has 1 fully saturated rings. The summed E-state index contributed by atoms with van der Waals surface area (Å²) >= 11 is 0. The summed E-state index contributed by atoms with van der Waals surface area (Å²) < 4.78 is 30.3. The van der Waals surface area contributed by atoms with Gasteiger partial charge in [0, 0.05) is 49.9 Å². The van der Waals surface area contributed by atoms with Crippen molar-refractivity contribution >= 4 is 10.0 Å². The minimum absolute atomic E-state index is 0.0197. The maximum Gasteiger partial charge on any atom is 0.266 e. The summed E-state index contributed by atoms with van der Waals surface area (Å²) in [5.74, 6) is 0. The fourth-order valence-corrected chi connectivity index (χ4v) is 5.05. The van der Waals surface area contributed by atoms with E-state index in [2.05, 4.69) is 15.1 Å². The molecule has 0 aromatic carbocycles. The molecular weight excluding hydrogens is 380 g/mol. The highest BCUT2D eigenvalue weighted by atomic mass is 32.2. The van der Waals surface area contributed by atoms with Gasteiger partial charge in [-0.25, -0.2) is 18.1 Å². The summed E-state index contributed by atoms with van der Waals surface area (Å²) in [6, 6.07) is 6.40. The average Bonchev–Trinajstić information content (AvgIpc) is 3.34. The minimum Gasteiger partial charge on any atom is -0.339 e. The number of hydrogen-bond donors (Lipinski definition) is 0. The molecule has 1 atom stereocenters. The largest absolute Gasteiger partial charge is 0.339 e. The van der Waals surface area contributed by atoms with Crippen LogP contribution in [0.5, 0.6) is 0 Å². The van der Waals surface area contributed by atoms with Gasteiger partial charge in [-0.05, 0) is 31.0 Å². The predicted octanol–water partition coefficient (Wildman–Crippen LogP) is 0.892. The zero-order valence-corrected chi connectivity index (χ0v) is 16.2. The Bertz CT molecular complexity index is 1140. The molecule has 3 aromatic heterocycles. The summed E-state index contributed by atoms with van der Waals surface area (Å²) in [6.45, 7) is 0.597. The van der Waals surface area contributed by atoms with Crippen LogP contribution in [0.3, 0.4) is 0 Å². The van der Waals surface area contributed by atoms with E-state index < -0.39 is 10.0 Å². The van der Waals surface area contributed by atoms with Crippen molar-refractivity contribution in [3.05, 3.63) is 59.5 Å². The second-order valence-corrected chi connectivity index (χ2v) is 8.61. The molecular formula is C18H20N6O3S. The number of hydrogen-bond acceptors (Lipinski definition) is 6. The molecule has 1 saturated heterocycles. The molecule has 1 unspecified atom stereocenters. The molecule has 4 heterocycles. The summed E-state index contributed by atoms with van der Waals surface area (Å²) in [5, 5.41) is 4.44. The van der Waals surface area contributed by atoms with Gasteiger partial charge in [-0.1, -0.05) is 0 Å². The second kappa shape index (κ2) is 7.28. The van der Waals surface area contributed by atoms with Gasteiger partial charge in [0.25, 0.3) is 15.6 Å². The van der Waals surface area contributed by atoms with E-state index in [0.29, 0.717) is 18.7 Å². The van der Waals surface area contributed by atoms with E-state index in [1.165, 1.54) is 27.6 Å². The molecule has 146 valence electrons. The van der Waals surface area contributed by atoms with Crippen LogP contribution in [0.15, 0.2) is 59.0 Å². The lowest BCUT2D eigenvalue weighted by Gasteiger charge is -2.23. The average molecular weight is 400 g/mol. The third-order valence-corrected chi connectivity index (χ3v) is 6.62. The van der Waals surface area contributed by atoms with E-state index in [1.54, 1.807) is 36.1 Å². The number of sulfonamides is 1. The smallest absolute Gasteiger partial charge is 0.266 e. The van der Waals surface area contributed by atoms with Crippen LogP contribution in [-0.4, -0.2) is 49.6 Å². The van der Waals surface area contributed by atoms with Crippen molar-refractivity contribution in [1.29, 1.82) is 0 Å². The number of imidazole rings is 1. The Labute approximate surface area is 162 Å². The molecule has 0 radical (unpaired) electrons. The highest BCUT2D eigenvalue weighted by molar-refractivity contribution is 7.89. The van der Waals surface area contributed by atoms with Crippen molar-refractivity contribution in [3.8, 4) is 11.3 Å². The number of aryl methyl sites for hydroxylation is 1. The lowest BCUT2D eigenvalue weighted by molar-refractivity contribution is 0.335. The number of nitrogens with zero attached hydrogens (tertiary/aromatic N) is 6. The number of pyridine rings is 1. The fraction of sp³-hybridized carbons (Fsp3) is 0.333. The van der Waals surface area contributed by atoms with Gasteiger partial charge < -0.3 is 4.57 Å². The Morgan fingerprint density at radius 2 is 2.11 bits per heavy atom. The van der Waals surface area contributed by atoms with E-state index in [-0.39, 0.29) is 23.2 Å². The zero-order chi connectivity index (χ0) is 19.7. The summed E-state index contributed by atoms with van der Waals surface area (Å²) in [4.78, 5) is 20.4. The fourth-order valence-electron chi connectivity index (χ4n) is 3.40. The molecule has 1 aliphatic heterocycles. The van der Waals surface area contributed by atoms with Crippen LogP contribution in [0, 0.1) is 0 Å². The van der Waals surface area contributed by atoms with Crippen LogP contribution < -0.4 is 5.56 Å². The first-order valence-electron chi connectivity index (χ1n) is 8.93. The molecule has 4 rings (SSSR count). The third kappa shape index (κ3) is 3.48. The SMILES string of the molecule is Cn1cnc(S(=O)(=O)N2CCCC2Cn2nc(-c3cccnc3)ccc2=O)c1. The molecule has 1 aliphatic rings. The molecule has 9 nitrogen and oxygen atoms in total. The van der Waals surface area contributed by atoms with Crippen LogP contribution in [0.4, 0.5) is 0 Å². The van der Waals surface area contributed by atoms with Gasteiger partial charge in [0.2, 0.25) is 0 Å². The summed E-state index contributed by atoms with van der Waals surface area (Å²) in [7, 11) is -1.99. The number of rotatable bonds is 5. The standard InChI is InChI=1S/C18H20N6O3S/c1-22-12-17(20-13-22)28(26,27)24-9-3-5-15(24)11-23-18(25)7-6-16(21-23)14-4-2-8-19-10-14/h2,4,6-8,10,12-13,15H,3,5,9,11H2,1H3. The first-order chi connectivity index (χ1) is 13.4. The van der Waals surface area contributed by atoms with Gasteiger partial charge in [0.15, 0.2) is 5.03 Å². The predicted molar refractivity (Wildman–Crippen MR) is 102 cm³/mol. The normalized spacial score (nSPS) is 17.8. The molecule has 3 aromatic rings. The van der Waals surface area contributed by atoms with Gasteiger partial charge in [-0.15, -0.1) is 0 Å². The molecule has 0 saturated carbocycles. The Balaban J connectivity index is 1.62. The lowest BCUT2D eigenvalue weighted by atomic mass is 10.2. The van der Waals surface area contributed by atoms with Crippen LogP contribution in [-0.2, 0) is 23.6 Å². The summed E-state index contributed by atoms with van der Waals surface area (Å²) in [5.41, 5.74) is 1.14. The van der Waals surface area contributed by atoms with E-state index >= 15 is 0 Å². The van der Waals surface area contributed by atoms with Crippen LogP contribution in [0.25, 0.3) is 11.3 Å². The molecule has 0 spiro atoms. The van der Waals surface area contributed by atoms with E-state index in [9.17, 15) is 13.2 Å². The zero-order valence-electron chi connectivity index (χ0n) is 15.3. The highest BCUT2D eigenvalue weighted by Crippen LogP contribution is 2.26. The summed E-state index contributed by atoms with van der Waals surface area (Å²) in [6.07, 6.45) is 7.67. The van der Waals surface area contributed by atoms with Gasteiger partial charge >= 0.3 is 0 Å². The molecule has 0 bridgehead atoms. The Hall–Kier alpha value is -2.85. The van der Waals surface area contributed by atoms with Gasteiger partial charge in [0.05, 0.1) is 18.6 Å². The van der Waals surface area contributed by atoms with E-state index in [4.69, 9.17) is 0 Å². The van der Waals surface area contributed by atoms with Gasteiger partial charge in [-0.3, -0.25) is 9.78 Å². The second-order valence-electron chi connectivity index (χ2n) is 6.77. The van der Waals surface area contributed by atoms with Gasteiger partial charge in [-0.2, -0.15) is 9.40 Å². The molecule has 0 N–H and O–H groups in total. The first kappa shape index (κ1) is 18.5. The molecule has 0 amide bonds. The van der Waals surface area contributed by atoms with Gasteiger partial charge in [0.1, 0.15) is 0 Å². The van der Waals surface area contributed by atoms with Crippen molar-refractivity contribution in [3.63, 3.8) is 0 Å². The van der Waals surface area contributed by atoms with Crippen LogP contribution in [0.1, 0.15) is 12.8 Å². The van der Waals surface area contributed by atoms with Crippen molar-refractivity contribution in [2.45, 2.75) is 30.5 Å². The Kier molecular flexibility index (Phi) is 4.82. The maximum atomic E-state index is 13.0. The lowest BCUT2D eigenvalue weighted by Crippen LogP contribution is -2.40. The number of aromatic nitrogens is 5. The molecule has 0 aliphatic carbocycles. The third-order valence-electron chi connectivity index (χ3n) is 4.78. The molecule has 10 heteroatoms. The van der Waals surface area contributed by atoms with E-state index in [0.717, 1.165) is 12.0 Å². The minimum atomic E-state index is -3.71. The monoisotopic (exact) mass is 400 g/mol. The Morgan fingerprint density at radius 1 is 1.25 bits per heavy atom.